The van der Waals surface area contributed by atoms with Gasteiger partial charge in [0.1, 0.15) is 0 Å². The molecule has 4 atom stereocenters. The zero-order valence-electron chi connectivity index (χ0n) is 25.1. The van der Waals surface area contributed by atoms with E-state index in [4.69, 9.17) is 0 Å². The number of hydrogen-bond acceptors (Lipinski definition) is 4. The van der Waals surface area contributed by atoms with Gasteiger partial charge < -0.3 is 14.9 Å². The summed E-state index contributed by atoms with van der Waals surface area (Å²) in [4.78, 5) is 30.6. The van der Waals surface area contributed by atoms with Crippen molar-refractivity contribution in [3.63, 3.8) is 0 Å². The van der Waals surface area contributed by atoms with Crippen molar-refractivity contribution in [3.05, 3.63) is 59.7 Å². The Morgan fingerprint density at radius 2 is 1.68 bits per heavy atom. The van der Waals surface area contributed by atoms with Crippen LogP contribution in [0.3, 0.4) is 0 Å². The number of piperazine rings is 1. The number of aliphatic hydroxyl groups is 1. The van der Waals surface area contributed by atoms with Crippen molar-refractivity contribution in [2.45, 2.75) is 77.2 Å². The van der Waals surface area contributed by atoms with Crippen LogP contribution in [0, 0.1) is 22.7 Å². The molecular weight excluding hydrogens is 516 g/mol. The third-order valence-electron chi connectivity index (χ3n) is 10.2. The zero-order chi connectivity index (χ0) is 29.1. The molecule has 0 radical (unpaired) electrons. The monoisotopic (exact) mass is 564 g/mol. The second-order valence-corrected chi connectivity index (χ2v) is 13.8. The van der Waals surface area contributed by atoms with E-state index in [-0.39, 0.29) is 28.7 Å². The Morgan fingerprint density at radius 1 is 1.05 bits per heavy atom. The third-order valence-corrected chi connectivity index (χ3v) is 10.9. The molecule has 1 aromatic carbocycles. The molecule has 40 heavy (non-hydrogen) atoms. The molecule has 2 amide bonds. The van der Waals surface area contributed by atoms with Crippen LogP contribution in [0.4, 0.5) is 0 Å². The summed E-state index contributed by atoms with van der Waals surface area (Å²) in [5.41, 5.74) is 3.53. The average Bonchev–Trinajstić information content (AvgIpc) is 2.94. The Bertz CT molecular complexity index is 1150. The van der Waals surface area contributed by atoms with Crippen molar-refractivity contribution in [3.8, 4) is 0 Å². The SMILES string of the molecule is C=C1CC[C@@H]2C(C)(C)[C@H](O)CC[C@@]2(C)[C@@H]1CC/C(C)=C/C(=O)N1CCN(C(=O)/C=C/c2ccc(SC)cc2)CC1. The number of allylic oxidation sites excluding steroid dienone is 2. The molecule has 0 aromatic heterocycles. The van der Waals surface area contributed by atoms with Gasteiger partial charge in [-0.3, -0.25) is 9.59 Å². The average molecular weight is 565 g/mol. The molecule has 1 aromatic rings. The third kappa shape index (κ3) is 6.60. The van der Waals surface area contributed by atoms with Crippen LogP contribution in [0.5, 0.6) is 0 Å². The summed E-state index contributed by atoms with van der Waals surface area (Å²) >= 11 is 1.70. The predicted octanol–water partition coefficient (Wildman–Crippen LogP) is 6.59. The molecule has 1 aliphatic heterocycles. The standard InChI is InChI=1S/C34H48N2O3S/c1-24(7-14-28-25(2)8-15-29-33(3,4)30(37)17-18-34(28,29)5)23-32(39)36-21-19-35(20-22-36)31(38)16-11-26-9-12-27(40-6)13-10-26/h9-13,16,23,28-30,37H,2,7-8,14-15,17-22H2,1,3-6H3/b16-11+,24-23+/t28-,29-,30-,34+/m1/s1. The van der Waals surface area contributed by atoms with Crippen molar-refractivity contribution in [2.24, 2.45) is 22.7 Å². The summed E-state index contributed by atoms with van der Waals surface area (Å²) < 4.78 is 0. The van der Waals surface area contributed by atoms with E-state index in [2.05, 4.69) is 46.4 Å². The molecule has 6 heteroatoms. The Hall–Kier alpha value is -2.31. The minimum absolute atomic E-state index is 0.00863. The van der Waals surface area contributed by atoms with Crippen LogP contribution in [0.2, 0.25) is 0 Å². The fraction of sp³-hybridized carbons (Fsp3) is 0.588. The molecule has 2 aliphatic carbocycles. The Balaban J connectivity index is 1.28. The van der Waals surface area contributed by atoms with Gasteiger partial charge in [-0.15, -0.1) is 11.8 Å². The molecular formula is C34H48N2O3S. The predicted molar refractivity (Wildman–Crippen MR) is 166 cm³/mol. The van der Waals surface area contributed by atoms with Gasteiger partial charge in [0.05, 0.1) is 6.10 Å². The van der Waals surface area contributed by atoms with Gasteiger partial charge in [0.25, 0.3) is 0 Å². The topological polar surface area (TPSA) is 60.9 Å². The molecule has 0 bridgehead atoms. The number of thioether (sulfide) groups is 1. The van der Waals surface area contributed by atoms with Crippen LogP contribution in [0.1, 0.15) is 71.8 Å². The van der Waals surface area contributed by atoms with E-state index in [1.54, 1.807) is 23.9 Å². The number of amides is 2. The molecule has 2 saturated carbocycles. The van der Waals surface area contributed by atoms with Crippen molar-refractivity contribution < 1.29 is 14.7 Å². The lowest BCUT2D eigenvalue weighted by Crippen LogP contribution is -2.54. The lowest BCUT2D eigenvalue weighted by Gasteiger charge is -2.59. The number of aliphatic hydroxyl groups excluding tert-OH is 1. The fourth-order valence-electron chi connectivity index (χ4n) is 7.58. The van der Waals surface area contributed by atoms with E-state index in [0.29, 0.717) is 38.0 Å². The quantitative estimate of drug-likeness (QED) is 0.231. The van der Waals surface area contributed by atoms with E-state index in [1.807, 2.05) is 34.3 Å². The van der Waals surface area contributed by atoms with Crippen LogP contribution in [-0.4, -0.2) is 65.3 Å². The van der Waals surface area contributed by atoms with Crippen molar-refractivity contribution in [1.29, 1.82) is 0 Å². The van der Waals surface area contributed by atoms with Gasteiger partial charge in [-0.2, -0.15) is 0 Å². The largest absolute Gasteiger partial charge is 0.393 e. The van der Waals surface area contributed by atoms with Gasteiger partial charge >= 0.3 is 0 Å². The molecule has 0 unspecified atom stereocenters. The maximum absolute atomic E-state index is 13.1. The summed E-state index contributed by atoms with van der Waals surface area (Å²) in [6.07, 6.45) is 13.0. The molecule has 4 rings (SSSR count). The molecule has 218 valence electrons. The summed E-state index contributed by atoms with van der Waals surface area (Å²) in [7, 11) is 0. The van der Waals surface area contributed by atoms with Crippen molar-refractivity contribution in [2.75, 3.05) is 32.4 Å². The van der Waals surface area contributed by atoms with Crippen molar-refractivity contribution in [1.82, 2.24) is 9.80 Å². The lowest BCUT2D eigenvalue weighted by atomic mass is 9.46. The summed E-state index contributed by atoms with van der Waals surface area (Å²) in [5.74, 6) is 0.940. The Kier molecular flexibility index (Phi) is 9.72. The molecule has 1 N–H and O–H groups in total. The minimum atomic E-state index is -0.235. The number of fused-ring (bicyclic) bond motifs is 1. The second-order valence-electron chi connectivity index (χ2n) is 13.0. The highest BCUT2D eigenvalue weighted by Gasteiger charge is 2.55. The maximum Gasteiger partial charge on any atom is 0.246 e. The first kappa shape index (κ1) is 30.6. The first-order valence-electron chi connectivity index (χ1n) is 14.9. The molecule has 1 saturated heterocycles. The molecule has 3 fully saturated rings. The number of carbonyl (C=O) groups is 2. The number of hydrogen-bond donors (Lipinski definition) is 1. The lowest BCUT2D eigenvalue weighted by molar-refractivity contribution is -0.134. The Morgan fingerprint density at radius 3 is 2.30 bits per heavy atom. The number of rotatable bonds is 7. The van der Waals surface area contributed by atoms with Gasteiger partial charge in [0, 0.05) is 43.2 Å². The highest BCUT2D eigenvalue weighted by Crippen LogP contribution is 2.61. The van der Waals surface area contributed by atoms with Crippen LogP contribution in [0.15, 0.2) is 59.0 Å². The Labute approximate surface area is 245 Å². The van der Waals surface area contributed by atoms with Crippen LogP contribution in [0.25, 0.3) is 6.08 Å². The van der Waals surface area contributed by atoms with Crippen molar-refractivity contribution >= 4 is 29.7 Å². The smallest absolute Gasteiger partial charge is 0.246 e. The van der Waals surface area contributed by atoms with E-state index in [1.165, 1.54) is 10.5 Å². The number of nitrogens with zero attached hydrogens (tertiary/aromatic N) is 2. The van der Waals surface area contributed by atoms with Crippen LogP contribution < -0.4 is 0 Å². The van der Waals surface area contributed by atoms with Gasteiger partial charge in [0.2, 0.25) is 11.8 Å². The van der Waals surface area contributed by atoms with E-state index < -0.39 is 0 Å². The van der Waals surface area contributed by atoms with Gasteiger partial charge in [0.15, 0.2) is 0 Å². The molecule has 3 aliphatic rings. The highest BCUT2D eigenvalue weighted by molar-refractivity contribution is 7.98. The van der Waals surface area contributed by atoms with E-state index >= 15 is 0 Å². The van der Waals surface area contributed by atoms with E-state index in [9.17, 15) is 14.7 Å². The fourth-order valence-corrected chi connectivity index (χ4v) is 7.99. The first-order chi connectivity index (χ1) is 19.0. The number of benzene rings is 1. The molecule has 5 nitrogen and oxygen atoms in total. The molecule has 1 heterocycles. The summed E-state index contributed by atoms with van der Waals surface area (Å²) in [6, 6.07) is 8.15. The van der Waals surface area contributed by atoms with E-state index in [0.717, 1.165) is 49.7 Å². The van der Waals surface area contributed by atoms with Crippen LogP contribution in [-0.2, 0) is 9.59 Å². The summed E-state index contributed by atoms with van der Waals surface area (Å²) in [5, 5.41) is 10.7. The zero-order valence-corrected chi connectivity index (χ0v) is 25.9. The van der Waals surface area contributed by atoms with Gasteiger partial charge in [-0.25, -0.2) is 0 Å². The van der Waals surface area contributed by atoms with Crippen LogP contribution >= 0.6 is 11.8 Å². The first-order valence-corrected chi connectivity index (χ1v) is 16.1. The normalized spacial score (nSPS) is 29.0. The number of carbonyl (C=O) groups excluding carboxylic acids is 2. The second kappa shape index (κ2) is 12.7. The summed E-state index contributed by atoms with van der Waals surface area (Å²) in [6.45, 7) is 15.7. The van der Waals surface area contributed by atoms with Gasteiger partial charge in [-0.05, 0) is 98.1 Å². The maximum atomic E-state index is 13.1. The molecule has 0 spiro atoms. The van der Waals surface area contributed by atoms with Gasteiger partial charge in [-0.1, -0.05) is 50.6 Å². The highest BCUT2D eigenvalue weighted by atomic mass is 32.2. The minimum Gasteiger partial charge on any atom is -0.393 e.